The van der Waals surface area contributed by atoms with E-state index in [1.165, 1.54) is 0 Å². The van der Waals surface area contributed by atoms with Gasteiger partial charge in [-0.2, -0.15) is 0 Å². The second kappa shape index (κ2) is 5.87. The fourth-order valence-corrected chi connectivity index (χ4v) is 7.48. The van der Waals surface area contributed by atoms with Gasteiger partial charge in [0.15, 0.2) is 11.6 Å². The maximum Gasteiger partial charge on any atom is 0.178 e. The van der Waals surface area contributed by atoms with Crippen molar-refractivity contribution in [3.8, 4) is 0 Å². The molecular formula is C22H30O4. The zero-order valence-electron chi connectivity index (χ0n) is 15.9. The smallest absolute Gasteiger partial charge is 0.178 e. The van der Waals surface area contributed by atoms with Crippen LogP contribution in [0.4, 0.5) is 0 Å². The normalized spacial score (nSPS) is 49.9. The van der Waals surface area contributed by atoms with Crippen molar-refractivity contribution in [1.29, 1.82) is 0 Å². The van der Waals surface area contributed by atoms with Crippen molar-refractivity contribution >= 4 is 11.6 Å². The summed E-state index contributed by atoms with van der Waals surface area (Å²) in [5, 5.41) is 20.7. The minimum absolute atomic E-state index is 0.0501. The van der Waals surface area contributed by atoms with Crippen molar-refractivity contribution in [2.45, 2.75) is 52.6 Å². The standard InChI is InChI=1S/C22H30O4/c1-12-8-16-15-5-4-13-9-14(24)6-7-21(13,2)20(15)17(25)10-22(16,3)19(12)18(26)11-23/h6-7,9,12,15-17,19-20,23,25H,4-5,8,10-11H2,1-3H3/t12-,15-,16?,17-,19+,20?,21-,22-/m0/s1. The van der Waals surface area contributed by atoms with Gasteiger partial charge in [-0.25, -0.2) is 0 Å². The predicted octanol–water partition coefficient (Wildman–Crippen LogP) is 2.69. The summed E-state index contributed by atoms with van der Waals surface area (Å²) >= 11 is 0. The maximum atomic E-state index is 12.5. The summed E-state index contributed by atoms with van der Waals surface area (Å²) in [4.78, 5) is 24.3. The average Bonchev–Trinajstić information content (AvgIpc) is 2.84. The lowest BCUT2D eigenvalue weighted by molar-refractivity contribution is -0.142. The maximum absolute atomic E-state index is 12.5. The van der Waals surface area contributed by atoms with Gasteiger partial charge in [0, 0.05) is 17.3 Å². The molecule has 4 rings (SSSR count). The minimum atomic E-state index is -0.493. The van der Waals surface area contributed by atoms with E-state index in [9.17, 15) is 19.8 Å². The first-order valence-electron chi connectivity index (χ1n) is 9.98. The van der Waals surface area contributed by atoms with Crippen LogP contribution in [0.15, 0.2) is 23.8 Å². The minimum Gasteiger partial charge on any atom is -0.393 e. The van der Waals surface area contributed by atoms with E-state index >= 15 is 0 Å². The zero-order chi connectivity index (χ0) is 18.9. The highest BCUT2D eigenvalue weighted by atomic mass is 16.3. The topological polar surface area (TPSA) is 74.6 Å². The molecule has 0 spiro atoms. The number of rotatable bonds is 2. The van der Waals surface area contributed by atoms with E-state index in [4.69, 9.17) is 0 Å². The molecule has 0 saturated heterocycles. The molecule has 3 fully saturated rings. The number of fused-ring (bicyclic) bond motifs is 5. The van der Waals surface area contributed by atoms with E-state index < -0.39 is 12.7 Å². The number of ketones is 2. The molecule has 4 aliphatic carbocycles. The fraction of sp³-hybridized carbons (Fsp3) is 0.727. The van der Waals surface area contributed by atoms with Crippen LogP contribution in [-0.4, -0.2) is 34.5 Å². The van der Waals surface area contributed by atoms with E-state index in [-0.39, 0.29) is 40.2 Å². The van der Waals surface area contributed by atoms with Crippen molar-refractivity contribution < 1.29 is 19.8 Å². The molecule has 0 heterocycles. The molecule has 3 saturated carbocycles. The number of hydrogen-bond acceptors (Lipinski definition) is 4. The fourth-order valence-electron chi connectivity index (χ4n) is 7.48. The molecule has 0 amide bonds. The van der Waals surface area contributed by atoms with Crippen molar-refractivity contribution in [2.75, 3.05) is 6.61 Å². The molecule has 2 N–H and O–H groups in total. The van der Waals surface area contributed by atoms with Crippen LogP contribution in [0.5, 0.6) is 0 Å². The third kappa shape index (κ3) is 2.27. The average molecular weight is 358 g/mol. The highest BCUT2D eigenvalue weighted by Crippen LogP contribution is 2.67. The van der Waals surface area contributed by atoms with Crippen molar-refractivity contribution in [3.05, 3.63) is 23.8 Å². The first-order chi connectivity index (χ1) is 12.2. The van der Waals surface area contributed by atoms with E-state index in [0.717, 1.165) is 24.8 Å². The van der Waals surface area contributed by atoms with Crippen LogP contribution in [-0.2, 0) is 9.59 Å². The summed E-state index contributed by atoms with van der Waals surface area (Å²) in [6, 6.07) is 0. The van der Waals surface area contributed by atoms with Crippen LogP contribution in [0.2, 0.25) is 0 Å². The number of carbonyl (C=O) groups excluding carboxylic acids is 2. The molecule has 26 heavy (non-hydrogen) atoms. The Morgan fingerprint density at radius 2 is 2.08 bits per heavy atom. The van der Waals surface area contributed by atoms with Gasteiger partial charge in [-0.3, -0.25) is 9.59 Å². The Morgan fingerprint density at radius 3 is 2.77 bits per heavy atom. The third-order valence-electron chi connectivity index (χ3n) is 8.34. The quantitative estimate of drug-likeness (QED) is 0.796. The highest BCUT2D eigenvalue weighted by Gasteiger charge is 2.64. The molecule has 0 radical (unpaired) electrons. The number of hydrogen-bond donors (Lipinski definition) is 2. The van der Waals surface area contributed by atoms with Crippen LogP contribution < -0.4 is 0 Å². The van der Waals surface area contributed by atoms with Gasteiger partial charge in [-0.1, -0.05) is 32.4 Å². The molecule has 0 bridgehead atoms. The Balaban J connectivity index is 1.74. The number of aliphatic hydroxyl groups excluding tert-OH is 2. The first kappa shape index (κ1) is 18.1. The van der Waals surface area contributed by atoms with E-state index in [1.807, 2.05) is 6.08 Å². The second-order valence-corrected chi connectivity index (χ2v) is 9.62. The second-order valence-electron chi connectivity index (χ2n) is 9.62. The van der Waals surface area contributed by atoms with Crippen LogP contribution in [0.3, 0.4) is 0 Å². The Hall–Kier alpha value is -1.26. The third-order valence-corrected chi connectivity index (χ3v) is 8.34. The van der Waals surface area contributed by atoms with Gasteiger partial charge in [-0.05, 0) is 61.0 Å². The first-order valence-corrected chi connectivity index (χ1v) is 9.98. The van der Waals surface area contributed by atoms with E-state index in [2.05, 4.69) is 20.8 Å². The SMILES string of the molecule is C[C@H]1CC2[C@@H]3CCC4=CC(=O)C=C[C@]4(C)C3[C@@H](O)C[C@]2(C)[C@H]1C(=O)CO. The zero-order valence-corrected chi connectivity index (χ0v) is 15.9. The lowest BCUT2D eigenvalue weighted by atomic mass is 9.46. The molecule has 4 heteroatoms. The lowest BCUT2D eigenvalue weighted by Crippen LogP contribution is -2.56. The van der Waals surface area contributed by atoms with Gasteiger partial charge in [0.05, 0.1) is 6.10 Å². The Labute approximate surface area is 155 Å². The summed E-state index contributed by atoms with van der Waals surface area (Å²) in [6.07, 6.45) is 8.39. The summed E-state index contributed by atoms with van der Waals surface area (Å²) in [5.74, 6) is 0.886. The molecule has 0 aliphatic heterocycles. The number of aliphatic hydroxyl groups is 2. The Bertz CT molecular complexity index is 707. The molecule has 4 aliphatic rings. The van der Waals surface area contributed by atoms with Gasteiger partial charge >= 0.3 is 0 Å². The molecule has 8 atom stereocenters. The van der Waals surface area contributed by atoms with Gasteiger partial charge < -0.3 is 10.2 Å². The Morgan fingerprint density at radius 1 is 1.35 bits per heavy atom. The Kier molecular flexibility index (Phi) is 4.09. The highest BCUT2D eigenvalue weighted by molar-refractivity contribution is 6.01. The molecule has 0 aromatic rings. The lowest BCUT2D eigenvalue weighted by Gasteiger charge is -2.58. The molecule has 0 aromatic heterocycles. The van der Waals surface area contributed by atoms with E-state index in [1.54, 1.807) is 12.2 Å². The summed E-state index contributed by atoms with van der Waals surface area (Å²) in [7, 11) is 0. The van der Waals surface area contributed by atoms with Crippen molar-refractivity contribution in [2.24, 2.45) is 40.4 Å². The molecular weight excluding hydrogens is 328 g/mol. The van der Waals surface area contributed by atoms with Gasteiger partial charge in [0.1, 0.15) is 6.61 Å². The van der Waals surface area contributed by atoms with Gasteiger partial charge in [-0.15, -0.1) is 0 Å². The summed E-state index contributed by atoms with van der Waals surface area (Å²) < 4.78 is 0. The van der Waals surface area contributed by atoms with E-state index in [0.29, 0.717) is 18.3 Å². The number of Topliss-reactive ketones (excluding diaryl/α,β-unsaturated/α-hetero) is 1. The monoisotopic (exact) mass is 358 g/mol. The van der Waals surface area contributed by atoms with Crippen molar-refractivity contribution in [1.82, 2.24) is 0 Å². The molecule has 2 unspecified atom stereocenters. The van der Waals surface area contributed by atoms with Gasteiger partial charge in [0.25, 0.3) is 0 Å². The summed E-state index contributed by atoms with van der Waals surface area (Å²) in [5.41, 5.74) is 0.647. The van der Waals surface area contributed by atoms with Crippen LogP contribution in [0, 0.1) is 40.4 Å². The van der Waals surface area contributed by atoms with Crippen molar-refractivity contribution in [3.63, 3.8) is 0 Å². The molecule has 0 aromatic carbocycles. The van der Waals surface area contributed by atoms with Crippen LogP contribution >= 0.6 is 0 Å². The molecule has 142 valence electrons. The predicted molar refractivity (Wildman–Crippen MR) is 98.1 cm³/mol. The van der Waals surface area contributed by atoms with Crippen LogP contribution in [0.25, 0.3) is 0 Å². The van der Waals surface area contributed by atoms with Gasteiger partial charge in [0.2, 0.25) is 0 Å². The number of carbonyl (C=O) groups is 2. The largest absolute Gasteiger partial charge is 0.393 e. The number of allylic oxidation sites excluding steroid dienone is 4. The summed E-state index contributed by atoms with van der Waals surface area (Å²) in [6.45, 7) is 6.04. The van der Waals surface area contributed by atoms with Crippen LogP contribution in [0.1, 0.15) is 46.5 Å². The molecule has 4 nitrogen and oxygen atoms in total.